The molecule has 0 saturated heterocycles. The summed E-state index contributed by atoms with van der Waals surface area (Å²) in [5.41, 5.74) is 1.56. The molecule has 0 unspecified atom stereocenters. The van der Waals surface area contributed by atoms with Gasteiger partial charge in [0.1, 0.15) is 5.75 Å². The van der Waals surface area contributed by atoms with Gasteiger partial charge in [-0.2, -0.15) is 0 Å². The van der Waals surface area contributed by atoms with Crippen LogP contribution in [0.15, 0.2) is 48.7 Å². The van der Waals surface area contributed by atoms with Crippen molar-refractivity contribution >= 4 is 0 Å². The molecule has 3 heteroatoms. The Hall–Kier alpha value is -1.87. The topological polar surface area (TPSA) is 64.6 Å². The van der Waals surface area contributed by atoms with Gasteiger partial charge in [0.2, 0.25) is 0 Å². The molecule has 0 aliphatic heterocycles. The van der Waals surface area contributed by atoms with Gasteiger partial charge in [0.05, 0.1) is 5.69 Å². The van der Waals surface area contributed by atoms with Crippen LogP contribution in [0.4, 0.5) is 0 Å². The van der Waals surface area contributed by atoms with Crippen LogP contribution in [-0.2, 0) is 0 Å². The Morgan fingerprint density at radius 1 is 0.929 bits per heavy atom. The van der Waals surface area contributed by atoms with E-state index in [2.05, 4.69) is 4.98 Å². The number of hydrogen-bond acceptors (Lipinski definition) is 2. The highest BCUT2D eigenvalue weighted by Crippen LogP contribution is 2.25. The lowest BCUT2D eigenvalue weighted by molar-refractivity contribution is 0.477. The number of aromatic hydroxyl groups is 1. The summed E-state index contributed by atoms with van der Waals surface area (Å²) >= 11 is 0. The first-order valence-corrected chi connectivity index (χ1v) is 4.07. The molecule has 0 radical (unpaired) electrons. The summed E-state index contributed by atoms with van der Waals surface area (Å²) in [6.45, 7) is 0. The Labute approximate surface area is 82.0 Å². The summed E-state index contributed by atoms with van der Waals surface area (Å²) in [4.78, 5) is 4.15. The van der Waals surface area contributed by atoms with Gasteiger partial charge in [0.25, 0.3) is 0 Å². The van der Waals surface area contributed by atoms with Crippen LogP contribution in [0.3, 0.4) is 0 Å². The Morgan fingerprint density at radius 2 is 1.64 bits per heavy atom. The number of benzene rings is 1. The maximum Gasteiger partial charge on any atom is 0.124 e. The lowest BCUT2D eigenvalue weighted by Crippen LogP contribution is -1.81. The van der Waals surface area contributed by atoms with Crippen LogP contribution in [0.25, 0.3) is 11.3 Å². The molecule has 1 aromatic heterocycles. The van der Waals surface area contributed by atoms with Crippen molar-refractivity contribution in [3.05, 3.63) is 48.7 Å². The molecule has 3 N–H and O–H groups in total. The number of nitrogens with zero attached hydrogens (tertiary/aromatic N) is 1. The molecule has 0 atom stereocenters. The van der Waals surface area contributed by atoms with E-state index in [1.54, 1.807) is 18.3 Å². The zero-order chi connectivity index (χ0) is 9.10. The molecule has 0 bridgehead atoms. The molecular formula is C11H11NO2. The van der Waals surface area contributed by atoms with Crippen molar-refractivity contribution in [2.75, 3.05) is 0 Å². The minimum absolute atomic E-state index is 0. The van der Waals surface area contributed by atoms with Gasteiger partial charge >= 0.3 is 0 Å². The molecule has 0 amide bonds. The molecule has 0 spiro atoms. The predicted molar refractivity (Wildman–Crippen MR) is 55.0 cm³/mol. The molecule has 3 nitrogen and oxygen atoms in total. The summed E-state index contributed by atoms with van der Waals surface area (Å²) in [6.07, 6.45) is 1.71. The first-order valence-electron chi connectivity index (χ1n) is 4.07. The third kappa shape index (κ3) is 1.89. The van der Waals surface area contributed by atoms with Crippen LogP contribution < -0.4 is 0 Å². The van der Waals surface area contributed by atoms with E-state index in [1.807, 2.05) is 30.3 Å². The Bertz CT molecular complexity index is 401. The van der Waals surface area contributed by atoms with Crippen molar-refractivity contribution in [1.29, 1.82) is 0 Å². The van der Waals surface area contributed by atoms with Crippen LogP contribution in [0.1, 0.15) is 0 Å². The first-order chi connectivity index (χ1) is 6.38. The summed E-state index contributed by atoms with van der Waals surface area (Å²) in [6, 6.07) is 12.8. The second-order valence-corrected chi connectivity index (χ2v) is 2.73. The maximum atomic E-state index is 9.52. The van der Waals surface area contributed by atoms with Crippen molar-refractivity contribution in [2.45, 2.75) is 0 Å². The summed E-state index contributed by atoms with van der Waals surface area (Å²) in [5.74, 6) is 0.265. The number of phenols is 1. The van der Waals surface area contributed by atoms with E-state index < -0.39 is 0 Å². The van der Waals surface area contributed by atoms with Crippen LogP contribution in [0.2, 0.25) is 0 Å². The molecule has 0 fully saturated rings. The quantitative estimate of drug-likeness (QED) is 0.740. The van der Waals surface area contributed by atoms with E-state index in [9.17, 15) is 5.11 Å². The van der Waals surface area contributed by atoms with Crippen molar-refractivity contribution in [1.82, 2.24) is 4.98 Å². The second kappa shape index (κ2) is 4.39. The van der Waals surface area contributed by atoms with E-state index in [1.165, 1.54) is 0 Å². The Morgan fingerprint density at radius 3 is 2.29 bits per heavy atom. The molecule has 2 aromatic rings. The van der Waals surface area contributed by atoms with Crippen molar-refractivity contribution in [3.8, 4) is 17.0 Å². The summed E-state index contributed by atoms with van der Waals surface area (Å²) in [7, 11) is 0. The van der Waals surface area contributed by atoms with Gasteiger partial charge < -0.3 is 10.6 Å². The molecule has 1 heterocycles. The molecule has 1 aromatic carbocycles. The van der Waals surface area contributed by atoms with Gasteiger partial charge in [-0.05, 0) is 24.3 Å². The van der Waals surface area contributed by atoms with Crippen LogP contribution in [0, 0.1) is 0 Å². The lowest BCUT2D eigenvalue weighted by atomic mass is 10.1. The average molecular weight is 189 g/mol. The predicted octanol–water partition coefficient (Wildman–Crippen LogP) is 1.63. The number of phenolic OH excluding ortho intramolecular Hbond substituents is 1. The van der Waals surface area contributed by atoms with Gasteiger partial charge in [0, 0.05) is 11.8 Å². The third-order valence-corrected chi connectivity index (χ3v) is 1.84. The van der Waals surface area contributed by atoms with Crippen LogP contribution >= 0.6 is 0 Å². The third-order valence-electron chi connectivity index (χ3n) is 1.84. The Balaban J connectivity index is 0.000000980. The Kier molecular flexibility index (Phi) is 3.20. The zero-order valence-corrected chi connectivity index (χ0v) is 7.51. The molecule has 0 aliphatic rings. The standard InChI is InChI=1S/C11H9NO.H2O/c13-11-7-2-1-5-9(11)10-6-3-4-8-12-10;/h1-8,13H;1H2. The highest BCUT2D eigenvalue weighted by Gasteiger charge is 2.01. The normalized spacial score (nSPS) is 9.14. The van der Waals surface area contributed by atoms with E-state index in [0.717, 1.165) is 11.3 Å². The fraction of sp³-hybridized carbons (Fsp3) is 0. The molecule has 14 heavy (non-hydrogen) atoms. The summed E-state index contributed by atoms with van der Waals surface area (Å²) < 4.78 is 0. The van der Waals surface area contributed by atoms with Crippen molar-refractivity contribution in [3.63, 3.8) is 0 Å². The van der Waals surface area contributed by atoms with Crippen LogP contribution in [0.5, 0.6) is 5.75 Å². The minimum Gasteiger partial charge on any atom is -0.507 e. The second-order valence-electron chi connectivity index (χ2n) is 2.73. The van der Waals surface area contributed by atoms with Crippen molar-refractivity contribution < 1.29 is 10.6 Å². The van der Waals surface area contributed by atoms with Crippen LogP contribution in [-0.4, -0.2) is 15.6 Å². The smallest absolute Gasteiger partial charge is 0.124 e. The molecule has 0 aliphatic carbocycles. The van der Waals surface area contributed by atoms with E-state index in [-0.39, 0.29) is 11.2 Å². The SMILES string of the molecule is O.Oc1ccccc1-c1ccccn1. The number of pyridine rings is 1. The number of hydrogen-bond donors (Lipinski definition) is 1. The fourth-order valence-corrected chi connectivity index (χ4v) is 1.21. The minimum atomic E-state index is 0. The monoisotopic (exact) mass is 189 g/mol. The molecule has 2 rings (SSSR count). The van der Waals surface area contributed by atoms with Gasteiger partial charge in [0.15, 0.2) is 0 Å². The van der Waals surface area contributed by atoms with E-state index in [4.69, 9.17) is 0 Å². The number of aromatic nitrogens is 1. The highest BCUT2D eigenvalue weighted by atomic mass is 16.3. The van der Waals surface area contributed by atoms with E-state index >= 15 is 0 Å². The highest BCUT2D eigenvalue weighted by molar-refractivity contribution is 5.66. The van der Waals surface area contributed by atoms with Gasteiger partial charge in [-0.15, -0.1) is 0 Å². The lowest BCUT2D eigenvalue weighted by Gasteiger charge is -2.01. The molecule has 72 valence electrons. The zero-order valence-electron chi connectivity index (χ0n) is 7.51. The largest absolute Gasteiger partial charge is 0.507 e. The molecule has 0 saturated carbocycles. The first kappa shape index (κ1) is 10.2. The van der Waals surface area contributed by atoms with Gasteiger partial charge in [-0.1, -0.05) is 18.2 Å². The van der Waals surface area contributed by atoms with Crippen molar-refractivity contribution in [2.24, 2.45) is 0 Å². The number of rotatable bonds is 1. The molecular weight excluding hydrogens is 178 g/mol. The average Bonchev–Trinajstić information content (AvgIpc) is 2.20. The summed E-state index contributed by atoms with van der Waals surface area (Å²) in [5, 5.41) is 9.52. The van der Waals surface area contributed by atoms with E-state index in [0.29, 0.717) is 0 Å². The maximum absolute atomic E-state index is 9.52. The van der Waals surface area contributed by atoms with Gasteiger partial charge in [-0.25, -0.2) is 0 Å². The number of para-hydroxylation sites is 1. The van der Waals surface area contributed by atoms with Gasteiger partial charge in [-0.3, -0.25) is 4.98 Å². The fourth-order valence-electron chi connectivity index (χ4n) is 1.21.